The van der Waals surface area contributed by atoms with Crippen LogP contribution in [-0.2, 0) is 11.8 Å². The van der Waals surface area contributed by atoms with E-state index in [0.29, 0.717) is 12.4 Å². The fraction of sp³-hybridized carbons (Fsp3) is 0.700. The van der Waals surface area contributed by atoms with Crippen molar-refractivity contribution in [2.75, 3.05) is 11.9 Å². The van der Waals surface area contributed by atoms with Gasteiger partial charge in [-0.25, -0.2) is 0 Å². The molecule has 1 saturated heterocycles. The molecule has 1 fully saturated rings. The zero-order valence-corrected chi connectivity index (χ0v) is 9.92. The number of nitrogens with one attached hydrogen (secondary N) is 1. The van der Waals surface area contributed by atoms with Crippen LogP contribution >= 0.6 is 0 Å². The summed E-state index contributed by atoms with van der Waals surface area (Å²) < 4.78 is 7.08. The average Bonchev–Trinajstić information content (AvgIpc) is 2.61. The van der Waals surface area contributed by atoms with Crippen LogP contribution in [-0.4, -0.2) is 33.2 Å². The van der Waals surface area contributed by atoms with E-state index in [1.54, 1.807) is 11.6 Å². The Morgan fingerprint density at radius 3 is 3.12 bits per heavy atom. The van der Waals surface area contributed by atoms with Gasteiger partial charge in [0.2, 0.25) is 12.1 Å². The summed E-state index contributed by atoms with van der Waals surface area (Å²) in [5.74, 6) is 0.348. The number of anilines is 1. The molecular formula is C10H16N4O3. The maximum absolute atomic E-state index is 10.8. The molecule has 2 rings (SSSR count). The molecule has 94 valence electrons. The Balaban J connectivity index is 2.12. The Kier molecular flexibility index (Phi) is 3.28. The minimum atomic E-state index is -0.467. The molecule has 1 aromatic rings. The molecule has 0 saturated carbocycles. The normalized spacial score (nSPS) is 24.6. The Hall–Kier alpha value is -1.63. The van der Waals surface area contributed by atoms with Crippen molar-refractivity contribution < 1.29 is 9.66 Å². The molecule has 0 aromatic carbocycles. The lowest BCUT2D eigenvalue weighted by Crippen LogP contribution is -2.33. The van der Waals surface area contributed by atoms with Crippen LogP contribution in [0.2, 0.25) is 0 Å². The van der Waals surface area contributed by atoms with Gasteiger partial charge in [-0.05, 0) is 29.7 Å². The summed E-state index contributed by atoms with van der Waals surface area (Å²) in [4.78, 5) is 14.1. The lowest BCUT2D eigenvalue weighted by atomic mass is 10.0. The summed E-state index contributed by atoms with van der Waals surface area (Å²) in [7, 11) is 1.74. The van der Waals surface area contributed by atoms with Crippen molar-refractivity contribution in [1.29, 1.82) is 0 Å². The monoisotopic (exact) mass is 240 g/mol. The standard InChI is InChI=1S/C10H16N4O3/c1-7-5-8(3-4-17-7)12-10-9(14(15)16)11-6-13(10)2/h6-8,12H,3-5H2,1-2H3. The van der Waals surface area contributed by atoms with Crippen molar-refractivity contribution in [3.05, 3.63) is 16.4 Å². The Morgan fingerprint density at radius 2 is 2.47 bits per heavy atom. The molecule has 7 heteroatoms. The summed E-state index contributed by atoms with van der Waals surface area (Å²) in [5.41, 5.74) is 0. The predicted molar refractivity (Wildman–Crippen MR) is 61.9 cm³/mol. The average molecular weight is 240 g/mol. The fourth-order valence-electron chi connectivity index (χ4n) is 2.04. The van der Waals surface area contributed by atoms with Crippen LogP contribution in [0.4, 0.5) is 11.6 Å². The number of aromatic nitrogens is 2. The van der Waals surface area contributed by atoms with Gasteiger partial charge in [-0.3, -0.25) is 4.57 Å². The van der Waals surface area contributed by atoms with Crippen LogP contribution in [0.1, 0.15) is 19.8 Å². The van der Waals surface area contributed by atoms with Gasteiger partial charge in [-0.15, -0.1) is 0 Å². The first-order chi connectivity index (χ1) is 8.08. The third kappa shape index (κ3) is 2.55. The molecule has 0 aliphatic carbocycles. The largest absolute Gasteiger partial charge is 0.406 e. The fourth-order valence-corrected chi connectivity index (χ4v) is 2.04. The number of hydrogen-bond donors (Lipinski definition) is 1. The second-order valence-electron chi connectivity index (χ2n) is 4.33. The quantitative estimate of drug-likeness (QED) is 0.636. The highest BCUT2D eigenvalue weighted by molar-refractivity contribution is 5.52. The van der Waals surface area contributed by atoms with Crippen LogP contribution in [0.15, 0.2) is 6.33 Å². The maximum atomic E-state index is 10.8. The van der Waals surface area contributed by atoms with E-state index in [1.807, 2.05) is 6.92 Å². The summed E-state index contributed by atoms with van der Waals surface area (Å²) in [6.45, 7) is 2.69. The molecule has 2 heterocycles. The van der Waals surface area contributed by atoms with Crippen molar-refractivity contribution in [2.24, 2.45) is 7.05 Å². The second kappa shape index (κ2) is 4.70. The molecule has 1 aromatic heterocycles. The number of aryl methyl sites for hydroxylation is 1. The highest BCUT2D eigenvalue weighted by Gasteiger charge is 2.25. The molecule has 2 atom stereocenters. The van der Waals surface area contributed by atoms with Crippen LogP contribution in [0.25, 0.3) is 0 Å². The molecule has 0 amide bonds. The third-order valence-electron chi connectivity index (χ3n) is 2.92. The van der Waals surface area contributed by atoms with Gasteiger partial charge in [0.15, 0.2) is 0 Å². The molecule has 1 N–H and O–H groups in total. The predicted octanol–water partition coefficient (Wildman–Crippen LogP) is 1.31. The van der Waals surface area contributed by atoms with Crippen molar-refractivity contribution in [3.8, 4) is 0 Å². The highest BCUT2D eigenvalue weighted by atomic mass is 16.6. The van der Waals surface area contributed by atoms with Gasteiger partial charge in [0, 0.05) is 19.7 Å². The zero-order chi connectivity index (χ0) is 12.4. The van der Waals surface area contributed by atoms with Gasteiger partial charge in [0.1, 0.15) is 0 Å². The Labute approximate surface area is 98.9 Å². The number of nitro groups is 1. The summed E-state index contributed by atoms with van der Waals surface area (Å²) in [5, 5.41) is 14.0. The summed E-state index contributed by atoms with van der Waals surface area (Å²) in [6.07, 6.45) is 3.34. The Bertz CT molecular complexity index is 418. The lowest BCUT2D eigenvalue weighted by Gasteiger charge is -2.28. The van der Waals surface area contributed by atoms with E-state index in [1.165, 1.54) is 6.33 Å². The lowest BCUT2D eigenvalue weighted by molar-refractivity contribution is -0.388. The molecule has 7 nitrogen and oxygen atoms in total. The first-order valence-corrected chi connectivity index (χ1v) is 5.61. The SMILES string of the molecule is CC1CC(Nc2c([N+](=O)[O-])ncn2C)CCO1. The van der Waals surface area contributed by atoms with E-state index in [4.69, 9.17) is 4.74 Å². The minimum absolute atomic E-state index is 0.119. The van der Waals surface area contributed by atoms with Crippen LogP contribution < -0.4 is 5.32 Å². The Morgan fingerprint density at radius 1 is 1.71 bits per heavy atom. The van der Waals surface area contributed by atoms with Gasteiger partial charge in [0.05, 0.1) is 6.10 Å². The third-order valence-corrected chi connectivity index (χ3v) is 2.92. The van der Waals surface area contributed by atoms with Gasteiger partial charge < -0.3 is 20.2 Å². The molecule has 2 unspecified atom stereocenters. The van der Waals surface area contributed by atoms with Crippen molar-refractivity contribution in [2.45, 2.75) is 31.9 Å². The zero-order valence-electron chi connectivity index (χ0n) is 9.92. The number of ether oxygens (including phenoxy) is 1. The van der Waals surface area contributed by atoms with Crippen LogP contribution in [0.5, 0.6) is 0 Å². The van der Waals surface area contributed by atoms with Crippen molar-refractivity contribution >= 4 is 11.6 Å². The summed E-state index contributed by atoms with van der Waals surface area (Å²) >= 11 is 0. The van der Waals surface area contributed by atoms with Gasteiger partial charge >= 0.3 is 5.82 Å². The van der Waals surface area contributed by atoms with Gasteiger partial charge in [0.25, 0.3) is 0 Å². The van der Waals surface area contributed by atoms with E-state index < -0.39 is 4.92 Å². The number of rotatable bonds is 3. The number of nitrogens with zero attached hydrogens (tertiary/aromatic N) is 3. The molecule has 1 aliphatic rings. The van der Waals surface area contributed by atoms with Crippen LogP contribution in [0.3, 0.4) is 0 Å². The van der Waals surface area contributed by atoms with E-state index in [-0.39, 0.29) is 18.0 Å². The first kappa shape index (κ1) is 11.8. The van der Waals surface area contributed by atoms with E-state index >= 15 is 0 Å². The number of hydrogen-bond acceptors (Lipinski definition) is 5. The highest BCUT2D eigenvalue weighted by Crippen LogP contribution is 2.25. The van der Waals surface area contributed by atoms with Gasteiger partial charge in [-0.1, -0.05) is 0 Å². The van der Waals surface area contributed by atoms with Crippen molar-refractivity contribution in [3.63, 3.8) is 0 Å². The topological polar surface area (TPSA) is 82.2 Å². The minimum Gasteiger partial charge on any atom is -0.378 e. The van der Waals surface area contributed by atoms with E-state index in [9.17, 15) is 10.1 Å². The van der Waals surface area contributed by atoms with Gasteiger partial charge in [-0.2, -0.15) is 0 Å². The first-order valence-electron chi connectivity index (χ1n) is 5.61. The number of imidazole rings is 1. The smallest absolute Gasteiger partial charge is 0.378 e. The molecule has 0 bridgehead atoms. The van der Waals surface area contributed by atoms with E-state index in [0.717, 1.165) is 12.8 Å². The summed E-state index contributed by atoms with van der Waals surface area (Å²) in [6, 6.07) is 0.202. The molecule has 0 spiro atoms. The molecule has 17 heavy (non-hydrogen) atoms. The molecule has 0 radical (unpaired) electrons. The molecule has 1 aliphatic heterocycles. The maximum Gasteiger partial charge on any atom is 0.406 e. The van der Waals surface area contributed by atoms with E-state index in [2.05, 4.69) is 10.3 Å². The second-order valence-corrected chi connectivity index (χ2v) is 4.33. The van der Waals surface area contributed by atoms with Crippen LogP contribution in [0, 0.1) is 10.1 Å². The molecular weight excluding hydrogens is 224 g/mol. The van der Waals surface area contributed by atoms with Crippen molar-refractivity contribution in [1.82, 2.24) is 9.55 Å².